The predicted octanol–water partition coefficient (Wildman–Crippen LogP) is 2.60. The summed E-state index contributed by atoms with van der Waals surface area (Å²) in [5, 5.41) is 0. The molecule has 0 N–H and O–H groups in total. The zero-order chi connectivity index (χ0) is 9.99. The first-order chi connectivity index (χ1) is 5.19. The Bertz CT molecular complexity index is 168. The Hall–Kier alpha value is -0.153. The molecule has 0 spiro atoms. The van der Waals surface area contributed by atoms with E-state index in [4.69, 9.17) is 4.43 Å². The first-order valence-corrected chi connectivity index (χ1v) is 7.83. The molecule has 0 fully saturated rings. The lowest BCUT2D eigenvalue weighted by Gasteiger charge is -2.31. The van der Waals surface area contributed by atoms with E-state index in [2.05, 4.69) is 19.6 Å². The lowest BCUT2D eigenvalue weighted by atomic mass is 10.0. The zero-order valence-corrected chi connectivity index (χ0v) is 10.0. The molecule has 0 radical (unpaired) electrons. The summed E-state index contributed by atoms with van der Waals surface area (Å²) in [6.45, 7) is 11.9. The van der Waals surface area contributed by atoms with E-state index >= 15 is 0 Å². The van der Waals surface area contributed by atoms with Crippen LogP contribution in [0.3, 0.4) is 0 Å². The Labute approximate surface area is 76.4 Å². The smallest absolute Gasteiger partial charge is 0.185 e. The van der Waals surface area contributed by atoms with E-state index in [9.17, 15) is 4.79 Å². The second-order valence-corrected chi connectivity index (χ2v) is 8.93. The number of hydrogen-bond acceptors (Lipinski definition) is 2. The minimum atomic E-state index is -1.59. The molecule has 0 saturated carbocycles. The standard InChI is InChI=1S/C9H20O2Si/c1-7-8(10)9(2,3)11-12(4,5)6/h7H2,1-6H3. The minimum absolute atomic E-state index is 0.185. The second-order valence-electron chi connectivity index (χ2n) is 4.50. The monoisotopic (exact) mass is 188 g/mol. The van der Waals surface area contributed by atoms with Gasteiger partial charge in [-0.1, -0.05) is 6.92 Å². The Kier molecular flexibility index (Phi) is 3.66. The van der Waals surface area contributed by atoms with Crippen LogP contribution in [0.5, 0.6) is 0 Å². The largest absolute Gasteiger partial charge is 0.406 e. The molecule has 0 rings (SSSR count). The van der Waals surface area contributed by atoms with Crippen molar-refractivity contribution in [3.05, 3.63) is 0 Å². The van der Waals surface area contributed by atoms with Gasteiger partial charge in [-0.25, -0.2) is 0 Å². The molecule has 0 aromatic carbocycles. The molecule has 72 valence electrons. The van der Waals surface area contributed by atoms with Gasteiger partial charge in [0.25, 0.3) is 0 Å². The third-order valence-corrected chi connectivity index (χ3v) is 2.68. The van der Waals surface area contributed by atoms with Crippen LogP contribution in [0.4, 0.5) is 0 Å². The Balaban J connectivity index is 4.32. The van der Waals surface area contributed by atoms with Gasteiger partial charge in [-0.3, -0.25) is 4.79 Å². The average Bonchev–Trinajstić information content (AvgIpc) is 1.80. The zero-order valence-electron chi connectivity index (χ0n) is 9.02. The van der Waals surface area contributed by atoms with Gasteiger partial charge >= 0.3 is 0 Å². The summed E-state index contributed by atoms with van der Waals surface area (Å²) in [6.07, 6.45) is 0.553. The number of hydrogen-bond donors (Lipinski definition) is 0. The van der Waals surface area contributed by atoms with Crippen molar-refractivity contribution in [2.24, 2.45) is 0 Å². The molecule has 0 saturated heterocycles. The van der Waals surface area contributed by atoms with Crippen LogP contribution in [0.25, 0.3) is 0 Å². The van der Waals surface area contributed by atoms with Crippen LogP contribution >= 0.6 is 0 Å². The maximum absolute atomic E-state index is 11.4. The summed E-state index contributed by atoms with van der Waals surface area (Å²) < 4.78 is 5.77. The molecular weight excluding hydrogens is 168 g/mol. The minimum Gasteiger partial charge on any atom is -0.406 e. The summed E-state index contributed by atoms with van der Waals surface area (Å²) in [6, 6.07) is 0. The molecule has 0 bridgehead atoms. The van der Waals surface area contributed by atoms with Gasteiger partial charge in [-0.2, -0.15) is 0 Å². The summed E-state index contributed by atoms with van der Waals surface area (Å²) >= 11 is 0. The lowest BCUT2D eigenvalue weighted by Crippen LogP contribution is -2.43. The molecule has 0 heterocycles. The Morgan fingerprint density at radius 1 is 1.33 bits per heavy atom. The van der Waals surface area contributed by atoms with Crippen molar-refractivity contribution in [3.63, 3.8) is 0 Å². The van der Waals surface area contributed by atoms with E-state index in [0.29, 0.717) is 6.42 Å². The van der Waals surface area contributed by atoms with E-state index in [1.165, 1.54) is 0 Å². The maximum Gasteiger partial charge on any atom is 0.185 e. The van der Waals surface area contributed by atoms with Crippen LogP contribution in [0, 0.1) is 0 Å². The van der Waals surface area contributed by atoms with Gasteiger partial charge < -0.3 is 4.43 Å². The van der Waals surface area contributed by atoms with Crippen LogP contribution in [-0.2, 0) is 9.22 Å². The quantitative estimate of drug-likeness (QED) is 0.634. The molecule has 0 aliphatic heterocycles. The van der Waals surface area contributed by atoms with Gasteiger partial charge in [0.1, 0.15) is 5.60 Å². The van der Waals surface area contributed by atoms with Crippen molar-refractivity contribution in [1.82, 2.24) is 0 Å². The highest BCUT2D eigenvalue weighted by Gasteiger charge is 2.32. The third-order valence-electron chi connectivity index (χ3n) is 1.55. The van der Waals surface area contributed by atoms with Crippen molar-refractivity contribution in [2.75, 3.05) is 0 Å². The van der Waals surface area contributed by atoms with Crippen molar-refractivity contribution in [1.29, 1.82) is 0 Å². The van der Waals surface area contributed by atoms with Gasteiger partial charge in [0.2, 0.25) is 0 Å². The normalized spacial score (nSPS) is 13.2. The number of ketones is 1. The van der Waals surface area contributed by atoms with Gasteiger partial charge in [-0.15, -0.1) is 0 Å². The molecule has 0 amide bonds. The molecule has 0 aliphatic carbocycles. The van der Waals surface area contributed by atoms with Gasteiger partial charge in [0, 0.05) is 6.42 Å². The summed E-state index contributed by atoms with van der Waals surface area (Å²) in [7, 11) is -1.59. The first-order valence-electron chi connectivity index (χ1n) is 4.42. The van der Waals surface area contributed by atoms with Crippen LogP contribution in [-0.4, -0.2) is 19.7 Å². The van der Waals surface area contributed by atoms with Gasteiger partial charge in [0.15, 0.2) is 14.1 Å². The fourth-order valence-electron chi connectivity index (χ4n) is 1.25. The van der Waals surface area contributed by atoms with Gasteiger partial charge in [0.05, 0.1) is 0 Å². The highest BCUT2D eigenvalue weighted by Crippen LogP contribution is 2.19. The highest BCUT2D eigenvalue weighted by atomic mass is 28.4. The first kappa shape index (κ1) is 11.8. The van der Waals surface area contributed by atoms with Crippen molar-refractivity contribution >= 4 is 14.1 Å². The van der Waals surface area contributed by atoms with Crippen molar-refractivity contribution in [2.45, 2.75) is 52.4 Å². The summed E-state index contributed by atoms with van der Waals surface area (Å²) in [4.78, 5) is 11.4. The van der Waals surface area contributed by atoms with E-state index in [-0.39, 0.29) is 5.78 Å². The molecular formula is C9H20O2Si. The molecule has 0 aromatic rings. The highest BCUT2D eigenvalue weighted by molar-refractivity contribution is 6.70. The van der Waals surface area contributed by atoms with Gasteiger partial charge in [-0.05, 0) is 33.5 Å². The molecule has 0 aromatic heterocycles. The van der Waals surface area contributed by atoms with E-state index in [1.54, 1.807) is 0 Å². The maximum atomic E-state index is 11.4. The predicted molar refractivity (Wildman–Crippen MR) is 53.8 cm³/mol. The number of carbonyl (C=O) groups excluding carboxylic acids is 1. The molecule has 3 heteroatoms. The van der Waals surface area contributed by atoms with E-state index in [0.717, 1.165) is 0 Å². The summed E-state index contributed by atoms with van der Waals surface area (Å²) in [5.74, 6) is 0.185. The van der Waals surface area contributed by atoms with Crippen LogP contribution in [0.15, 0.2) is 0 Å². The molecule has 12 heavy (non-hydrogen) atoms. The van der Waals surface area contributed by atoms with Crippen molar-refractivity contribution in [3.8, 4) is 0 Å². The fraction of sp³-hybridized carbons (Fsp3) is 0.889. The van der Waals surface area contributed by atoms with E-state index < -0.39 is 13.9 Å². The number of rotatable bonds is 4. The average molecular weight is 188 g/mol. The number of carbonyl (C=O) groups is 1. The van der Waals surface area contributed by atoms with Crippen LogP contribution < -0.4 is 0 Å². The molecule has 0 unspecified atom stereocenters. The Morgan fingerprint density at radius 2 is 1.75 bits per heavy atom. The number of Topliss-reactive ketones (excluding diaryl/α,β-unsaturated/α-hetero) is 1. The lowest BCUT2D eigenvalue weighted by molar-refractivity contribution is -0.132. The summed E-state index contributed by atoms with van der Waals surface area (Å²) in [5.41, 5.74) is -0.584. The van der Waals surface area contributed by atoms with E-state index in [1.807, 2.05) is 20.8 Å². The second kappa shape index (κ2) is 3.71. The molecule has 0 aliphatic rings. The molecule has 2 nitrogen and oxygen atoms in total. The van der Waals surface area contributed by atoms with Crippen molar-refractivity contribution < 1.29 is 9.22 Å². The van der Waals surface area contributed by atoms with Crippen LogP contribution in [0.2, 0.25) is 19.6 Å². The SMILES string of the molecule is CCC(=O)C(C)(C)O[Si](C)(C)C. The fourth-order valence-corrected chi connectivity index (χ4v) is 2.89. The molecule has 0 atom stereocenters. The Morgan fingerprint density at radius 3 is 2.00 bits per heavy atom. The third kappa shape index (κ3) is 4.02. The van der Waals surface area contributed by atoms with Crippen LogP contribution in [0.1, 0.15) is 27.2 Å². The topological polar surface area (TPSA) is 26.3 Å².